The number of ether oxygens (including phenoxy) is 1. The maximum Gasteiger partial charge on any atom is 0.303 e. The molecular formula is C9H17NO3. The van der Waals surface area contributed by atoms with Crippen LogP contribution in [-0.2, 0) is 14.3 Å². The fourth-order valence-corrected chi connectivity index (χ4v) is 1.04. The van der Waals surface area contributed by atoms with Crippen LogP contribution in [0.3, 0.4) is 0 Å². The maximum atomic E-state index is 10.8. The molecule has 0 heterocycles. The molecular weight excluding hydrogens is 170 g/mol. The van der Waals surface area contributed by atoms with Crippen molar-refractivity contribution in [2.24, 2.45) is 5.73 Å². The van der Waals surface area contributed by atoms with Crippen molar-refractivity contribution in [2.75, 3.05) is 0 Å². The van der Waals surface area contributed by atoms with E-state index in [4.69, 9.17) is 10.5 Å². The van der Waals surface area contributed by atoms with Crippen molar-refractivity contribution in [3.8, 4) is 0 Å². The van der Waals surface area contributed by atoms with Gasteiger partial charge < -0.3 is 10.5 Å². The minimum Gasteiger partial charge on any atom is -0.452 e. The first-order chi connectivity index (χ1) is 6.07. The van der Waals surface area contributed by atoms with Crippen molar-refractivity contribution in [3.05, 3.63) is 0 Å². The van der Waals surface area contributed by atoms with E-state index in [0.717, 1.165) is 19.3 Å². The number of carbonyl (C=O) groups excluding carboxylic acids is 2. The Bertz CT molecular complexity index is 180. The summed E-state index contributed by atoms with van der Waals surface area (Å²) >= 11 is 0. The molecule has 0 fully saturated rings. The Hall–Kier alpha value is -1.06. The fraction of sp³-hybridized carbons (Fsp3) is 0.778. The molecule has 4 nitrogen and oxygen atoms in total. The molecule has 13 heavy (non-hydrogen) atoms. The zero-order chi connectivity index (χ0) is 10.3. The molecule has 0 aromatic rings. The highest BCUT2D eigenvalue weighted by Gasteiger charge is 2.17. The molecule has 1 atom stereocenters. The summed E-state index contributed by atoms with van der Waals surface area (Å²) in [6.45, 7) is 3.33. The van der Waals surface area contributed by atoms with E-state index >= 15 is 0 Å². The molecule has 4 heteroatoms. The van der Waals surface area contributed by atoms with Crippen LogP contribution in [-0.4, -0.2) is 18.0 Å². The standard InChI is InChI=1S/C9H17NO3/c1-3-4-5-6-8(9(10)12)13-7(2)11/h8H,3-6H2,1-2H3,(H2,10,12)/t8-/m0/s1. The highest BCUT2D eigenvalue weighted by atomic mass is 16.5. The molecule has 0 saturated carbocycles. The van der Waals surface area contributed by atoms with Gasteiger partial charge in [-0.25, -0.2) is 0 Å². The molecule has 0 rings (SSSR count). The van der Waals surface area contributed by atoms with Crippen molar-refractivity contribution < 1.29 is 14.3 Å². The van der Waals surface area contributed by atoms with Gasteiger partial charge in [-0.15, -0.1) is 0 Å². The number of carbonyl (C=O) groups is 2. The Labute approximate surface area is 78.4 Å². The second-order valence-electron chi connectivity index (χ2n) is 3.00. The third-order valence-electron chi connectivity index (χ3n) is 1.70. The Morgan fingerprint density at radius 2 is 2.00 bits per heavy atom. The van der Waals surface area contributed by atoms with Gasteiger partial charge in [0.15, 0.2) is 6.10 Å². The van der Waals surface area contributed by atoms with Gasteiger partial charge in [-0.2, -0.15) is 0 Å². The SMILES string of the molecule is CCCCC[C@H](OC(C)=O)C(N)=O. The average Bonchev–Trinajstić information content (AvgIpc) is 2.02. The molecule has 0 aromatic carbocycles. The van der Waals surface area contributed by atoms with E-state index in [1.807, 2.05) is 0 Å². The highest BCUT2D eigenvalue weighted by molar-refractivity contribution is 5.81. The van der Waals surface area contributed by atoms with Crippen molar-refractivity contribution in [1.29, 1.82) is 0 Å². The molecule has 0 spiro atoms. The third kappa shape index (κ3) is 6.13. The summed E-state index contributed by atoms with van der Waals surface area (Å²) in [4.78, 5) is 21.3. The van der Waals surface area contributed by atoms with E-state index < -0.39 is 18.0 Å². The van der Waals surface area contributed by atoms with Crippen molar-refractivity contribution >= 4 is 11.9 Å². The van der Waals surface area contributed by atoms with Crippen LogP contribution < -0.4 is 5.73 Å². The first-order valence-electron chi connectivity index (χ1n) is 4.54. The second kappa shape index (κ2) is 6.46. The summed E-state index contributed by atoms with van der Waals surface area (Å²) in [6, 6.07) is 0. The smallest absolute Gasteiger partial charge is 0.303 e. The van der Waals surface area contributed by atoms with Gasteiger partial charge >= 0.3 is 5.97 Å². The lowest BCUT2D eigenvalue weighted by atomic mass is 10.1. The lowest BCUT2D eigenvalue weighted by Crippen LogP contribution is -2.32. The van der Waals surface area contributed by atoms with E-state index in [-0.39, 0.29) is 0 Å². The molecule has 0 aliphatic carbocycles. The summed E-state index contributed by atoms with van der Waals surface area (Å²) in [5, 5.41) is 0. The number of nitrogens with two attached hydrogens (primary N) is 1. The zero-order valence-electron chi connectivity index (χ0n) is 8.21. The second-order valence-corrected chi connectivity index (χ2v) is 3.00. The molecule has 0 bridgehead atoms. The van der Waals surface area contributed by atoms with Gasteiger partial charge in [0.05, 0.1) is 0 Å². The van der Waals surface area contributed by atoms with Gasteiger partial charge in [0.25, 0.3) is 5.91 Å². The number of unbranched alkanes of at least 4 members (excludes halogenated alkanes) is 2. The van der Waals surface area contributed by atoms with Crippen LogP contribution in [0.25, 0.3) is 0 Å². The predicted octanol–water partition coefficient (Wildman–Crippen LogP) is 0.984. The van der Waals surface area contributed by atoms with E-state index in [1.54, 1.807) is 0 Å². The quantitative estimate of drug-likeness (QED) is 0.498. The van der Waals surface area contributed by atoms with Crippen LogP contribution >= 0.6 is 0 Å². The van der Waals surface area contributed by atoms with Gasteiger partial charge in [0, 0.05) is 6.92 Å². The summed E-state index contributed by atoms with van der Waals surface area (Å²) in [5.74, 6) is -1.02. The summed E-state index contributed by atoms with van der Waals surface area (Å²) < 4.78 is 4.74. The molecule has 0 aliphatic heterocycles. The predicted molar refractivity (Wildman–Crippen MR) is 48.9 cm³/mol. The Morgan fingerprint density at radius 3 is 2.38 bits per heavy atom. The number of rotatable bonds is 6. The van der Waals surface area contributed by atoms with Crippen molar-refractivity contribution in [2.45, 2.75) is 45.6 Å². The summed E-state index contributed by atoms with van der Waals surface area (Å²) in [7, 11) is 0. The Balaban J connectivity index is 3.81. The molecule has 0 aliphatic rings. The number of esters is 1. The van der Waals surface area contributed by atoms with Crippen molar-refractivity contribution in [1.82, 2.24) is 0 Å². The lowest BCUT2D eigenvalue weighted by Gasteiger charge is -2.12. The third-order valence-corrected chi connectivity index (χ3v) is 1.70. The summed E-state index contributed by atoms with van der Waals surface area (Å²) in [5.41, 5.74) is 5.05. The van der Waals surface area contributed by atoms with Crippen LogP contribution in [0.4, 0.5) is 0 Å². The molecule has 0 radical (unpaired) electrons. The van der Waals surface area contributed by atoms with Crippen LogP contribution in [0.2, 0.25) is 0 Å². The first-order valence-corrected chi connectivity index (χ1v) is 4.54. The first kappa shape index (κ1) is 11.9. The highest BCUT2D eigenvalue weighted by Crippen LogP contribution is 2.06. The number of primary amides is 1. The van der Waals surface area contributed by atoms with Gasteiger partial charge in [-0.1, -0.05) is 19.8 Å². The molecule has 2 N–H and O–H groups in total. The maximum absolute atomic E-state index is 10.8. The van der Waals surface area contributed by atoms with Gasteiger partial charge in [-0.3, -0.25) is 9.59 Å². The molecule has 0 saturated heterocycles. The zero-order valence-corrected chi connectivity index (χ0v) is 8.21. The van der Waals surface area contributed by atoms with E-state index in [1.165, 1.54) is 6.92 Å². The summed E-state index contributed by atoms with van der Waals surface area (Å²) in [6.07, 6.45) is 2.72. The monoisotopic (exact) mass is 187 g/mol. The Kier molecular flexibility index (Phi) is 5.93. The van der Waals surface area contributed by atoms with Crippen molar-refractivity contribution in [3.63, 3.8) is 0 Å². The number of hydrogen-bond donors (Lipinski definition) is 1. The average molecular weight is 187 g/mol. The molecule has 0 aromatic heterocycles. The van der Waals surface area contributed by atoms with Gasteiger partial charge in [0.2, 0.25) is 0 Å². The lowest BCUT2D eigenvalue weighted by molar-refractivity contribution is -0.153. The topological polar surface area (TPSA) is 69.4 Å². The Morgan fingerprint density at radius 1 is 1.38 bits per heavy atom. The van der Waals surface area contributed by atoms with Crippen LogP contribution in [0.5, 0.6) is 0 Å². The van der Waals surface area contributed by atoms with Crippen LogP contribution in [0.1, 0.15) is 39.5 Å². The molecule has 0 unspecified atom stereocenters. The van der Waals surface area contributed by atoms with Gasteiger partial charge in [0.1, 0.15) is 0 Å². The van der Waals surface area contributed by atoms with E-state index in [0.29, 0.717) is 6.42 Å². The normalized spacial score (nSPS) is 12.2. The number of amides is 1. The molecule has 76 valence electrons. The fourth-order valence-electron chi connectivity index (χ4n) is 1.04. The number of hydrogen-bond acceptors (Lipinski definition) is 3. The minimum absolute atomic E-state index is 0.458. The largest absolute Gasteiger partial charge is 0.452 e. The molecule has 1 amide bonds. The van der Waals surface area contributed by atoms with E-state index in [2.05, 4.69) is 6.92 Å². The van der Waals surface area contributed by atoms with Gasteiger partial charge in [-0.05, 0) is 12.8 Å². The van der Waals surface area contributed by atoms with Crippen LogP contribution in [0, 0.1) is 0 Å². The van der Waals surface area contributed by atoms with E-state index in [9.17, 15) is 9.59 Å². The van der Waals surface area contributed by atoms with Crippen LogP contribution in [0.15, 0.2) is 0 Å². The minimum atomic E-state index is -0.746.